The molecule has 0 aromatic rings. The van der Waals surface area contributed by atoms with Gasteiger partial charge in [-0.05, 0) is 25.9 Å². The molecule has 2 aliphatic heterocycles. The van der Waals surface area contributed by atoms with E-state index in [1.807, 2.05) is 0 Å². The van der Waals surface area contributed by atoms with Crippen molar-refractivity contribution in [1.29, 1.82) is 0 Å². The molecule has 0 aromatic carbocycles. The summed E-state index contributed by atoms with van der Waals surface area (Å²) >= 11 is 0. The largest absolute Gasteiger partial charge is 0.317 e. The molecular weight excluding hydrogens is 255 g/mol. The molecule has 2 fully saturated rings. The second-order valence-electron chi connectivity index (χ2n) is 3.87. The van der Waals surface area contributed by atoms with E-state index in [0.717, 1.165) is 43.7 Å². The van der Waals surface area contributed by atoms with Crippen LogP contribution in [0.15, 0.2) is 0 Å². The zero-order valence-electron chi connectivity index (χ0n) is 8.81. The summed E-state index contributed by atoms with van der Waals surface area (Å²) in [5.74, 6) is 1.79. The Hall–Kier alpha value is 0.650. The summed E-state index contributed by atoms with van der Waals surface area (Å²) in [7, 11) is -0.523. The van der Waals surface area contributed by atoms with Gasteiger partial charge >= 0.3 is 0 Å². The summed E-state index contributed by atoms with van der Waals surface area (Å²) in [6.45, 7) is 4.42. The highest BCUT2D eigenvalue weighted by atomic mass is 35.5. The number of halogens is 2. The van der Waals surface area contributed by atoms with E-state index in [0.29, 0.717) is 0 Å². The van der Waals surface area contributed by atoms with E-state index in [1.54, 1.807) is 0 Å². The van der Waals surface area contributed by atoms with Gasteiger partial charge in [0, 0.05) is 41.4 Å². The van der Waals surface area contributed by atoms with Crippen molar-refractivity contribution in [2.75, 3.05) is 37.7 Å². The third-order valence-electron chi connectivity index (χ3n) is 3.04. The van der Waals surface area contributed by atoms with Gasteiger partial charge in [-0.15, -0.1) is 24.8 Å². The molecule has 0 aliphatic carbocycles. The number of nitrogens with one attached hydrogen (secondary N) is 1. The van der Waals surface area contributed by atoms with Crippen molar-refractivity contribution >= 4 is 35.6 Å². The third kappa shape index (κ3) is 4.57. The maximum absolute atomic E-state index is 11.2. The summed E-state index contributed by atoms with van der Waals surface area (Å²) in [5, 5.41) is 3.38. The van der Waals surface area contributed by atoms with Crippen LogP contribution in [-0.2, 0) is 10.8 Å². The van der Waals surface area contributed by atoms with Crippen molar-refractivity contribution < 1.29 is 4.21 Å². The second-order valence-corrected chi connectivity index (χ2v) is 5.56. The highest BCUT2D eigenvalue weighted by molar-refractivity contribution is 7.85. The van der Waals surface area contributed by atoms with E-state index in [2.05, 4.69) is 10.2 Å². The summed E-state index contributed by atoms with van der Waals surface area (Å²) in [5.41, 5.74) is 0. The average Bonchev–Trinajstić information content (AvgIpc) is 2.20. The van der Waals surface area contributed by atoms with Crippen LogP contribution in [0.1, 0.15) is 12.8 Å². The average molecular weight is 275 g/mol. The lowest BCUT2D eigenvalue weighted by atomic mass is 10.1. The third-order valence-corrected chi connectivity index (χ3v) is 4.31. The standard InChI is InChI=1S/C9H18N2OS.2ClH/c12-13-7-5-11(6-8-13)9-1-3-10-4-2-9;;/h9-10H,1-8H2;2*1H. The Bertz CT molecular complexity index is 191. The van der Waals surface area contributed by atoms with Gasteiger partial charge in [0.25, 0.3) is 0 Å². The molecule has 6 heteroatoms. The summed E-state index contributed by atoms with van der Waals surface area (Å²) in [6.07, 6.45) is 2.54. The van der Waals surface area contributed by atoms with Crippen molar-refractivity contribution in [2.24, 2.45) is 0 Å². The first kappa shape index (κ1) is 15.7. The molecule has 0 radical (unpaired) electrons. The van der Waals surface area contributed by atoms with Crippen LogP contribution < -0.4 is 5.32 Å². The summed E-state index contributed by atoms with van der Waals surface area (Å²) < 4.78 is 11.2. The number of nitrogens with zero attached hydrogens (tertiary/aromatic N) is 1. The molecule has 0 amide bonds. The summed E-state index contributed by atoms with van der Waals surface area (Å²) in [6, 6.07) is 0.763. The van der Waals surface area contributed by atoms with Crippen molar-refractivity contribution in [2.45, 2.75) is 18.9 Å². The Kier molecular flexibility index (Phi) is 8.19. The second kappa shape index (κ2) is 7.85. The van der Waals surface area contributed by atoms with Gasteiger partial charge in [-0.2, -0.15) is 0 Å². The van der Waals surface area contributed by atoms with Crippen LogP contribution >= 0.6 is 24.8 Å². The minimum atomic E-state index is -0.523. The predicted molar refractivity (Wildman–Crippen MR) is 69.8 cm³/mol. The number of hydrogen-bond acceptors (Lipinski definition) is 3. The molecule has 0 atom stereocenters. The van der Waals surface area contributed by atoms with E-state index >= 15 is 0 Å². The van der Waals surface area contributed by atoms with Crippen molar-refractivity contribution in [3.8, 4) is 0 Å². The van der Waals surface area contributed by atoms with Gasteiger partial charge < -0.3 is 5.32 Å². The van der Waals surface area contributed by atoms with Gasteiger partial charge in [0.1, 0.15) is 0 Å². The molecule has 0 saturated carbocycles. The maximum Gasteiger partial charge on any atom is 0.0363 e. The first-order valence-corrected chi connectivity index (χ1v) is 6.65. The number of hydrogen-bond donors (Lipinski definition) is 1. The zero-order valence-corrected chi connectivity index (χ0v) is 11.3. The minimum Gasteiger partial charge on any atom is -0.317 e. The highest BCUT2D eigenvalue weighted by Crippen LogP contribution is 2.13. The molecule has 0 aromatic heterocycles. The molecule has 2 aliphatic rings. The van der Waals surface area contributed by atoms with Crippen LogP contribution in [0.4, 0.5) is 0 Å². The molecule has 0 spiro atoms. The fraction of sp³-hybridized carbons (Fsp3) is 1.00. The molecule has 2 heterocycles. The van der Waals surface area contributed by atoms with E-state index in [1.165, 1.54) is 12.8 Å². The minimum absolute atomic E-state index is 0. The van der Waals surface area contributed by atoms with E-state index in [4.69, 9.17) is 0 Å². The Morgan fingerprint density at radius 1 is 1.07 bits per heavy atom. The predicted octanol–water partition coefficient (Wildman–Crippen LogP) is 0.646. The number of rotatable bonds is 1. The Balaban J connectivity index is 0.000000980. The lowest BCUT2D eigenvalue weighted by Crippen LogP contribution is -2.48. The Morgan fingerprint density at radius 3 is 2.13 bits per heavy atom. The monoisotopic (exact) mass is 274 g/mol. The van der Waals surface area contributed by atoms with E-state index < -0.39 is 10.8 Å². The van der Waals surface area contributed by atoms with Crippen LogP contribution in [0.2, 0.25) is 0 Å². The molecule has 92 valence electrons. The topological polar surface area (TPSA) is 32.3 Å². The van der Waals surface area contributed by atoms with Gasteiger partial charge in [0.05, 0.1) is 0 Å². The Labute approximate surface area is 107 Å². The molecule has 15 heavy (non-hydrogen) atoms. The smallest absolute Gasteiger partial charge is 0.0363 e. The SMILES string of the molecule is Cl.Cl.O=S1CCN(C2CCNCC2)CC1. The van der Waals surface area contributed by atoms with Gasteiger partial charge in [-0.3, -0.25) is 9.11 Å². The van der Waals surface area contributed by atoms with Gasteiger partial charge in [-0.25, -0.2) is 0 Å². The van der Waals surface area contributed by atoms with E-state index in [9.17, 15) is 4.21 Å². The molecule has 1 N–H and O–H groups in total. The van der Waals surface area contributed by atoms with Crippen LogP contribution in [0.5, 0.6) is 0 Å². The lowest BCUT2D eigenvalue weighted by Gasteiger charge is -2.36. The fourth-order valence-corrected chi connectivity index (χ4v) is 3.27. The quantitative estimate of drug-likeness (QED) is 0.762. The molecular formula is C9H20Cl2N2OS. The van der Waals surface area contributed by atoms with Crippen LogP contribution in [0, 0.1) is 0 Å². The van der Waals surface area contributed by atoms with Crippen molar-refractivity contribution in [3.63, 3.8) is 0 Å². The lowest BCUT2D eigenvalue weighted by molar-refractivity contribution is 0.176. The molecule has 0 unspecified atom stereocenters. The summed E-state index contributed by atoms with van der Waals surface area (Å²) in [4.78, 5) is 2.53. The van der Waals surface area contributed by atoms with Crippen LogP contribution in [0.3, 0.4) is 0 Å². The zero-order chi connectivity index (χ0) is 9.10. The highest BCUT2D eigenvalue weighted by Gasteiger charge is 2.23. The molecule has 0 bridgehead atoms. The van der Waals surface area contributed by atoms with Gasteiger partial charge in [0.2, 0.25) is 0 Å². The molecule has 3 nitrogen and oxygen atoms in total. The maximum atomic E-state index is 11.2. The molecule has 2 saturated heterocycles. The van der Waals surface area contributed by atoms with Crippen LogP contribution in [-0.4, -0.2) is 52.8 Å². The van der Waals surface area contributed by atoms with Crippen LogP contribution in [0.25, 0.3) is 0 Å². The first-order chi connectivity index (χ1) is 6.36. The van der Waals surface area contributed by atoms with E-state index in [-0.39, 0.29) is 24.8 Å². The normalized spacial score (nSPS) is 25.3. The number of piperidine rings is 1. The Morgan fingerprint density at radius 2 is 1.60 bits per heavy atom. The van der Waals surface area contributed by atoms with Crippen molar-refractivity contribution in [1.82, 2.24) is 10.2 Å². The van der Waals surface area contributed by atoms with Crippen molar-refractivity contribution in [3.05, 3.63) is 0 Å². The first-order valence-electron chi connectivity index (χ1n) is 5.16. The van der Waals surface area contributed by atoms with Gasteiger partial charge in [-0.1, -0.05) is 0 Å². The van der Waals surface area contributed by atoms with Gasteiger partial charge in [0.15, 0.2) is 0 Å². The molecule has 2 rings (SSSR count). The fourth-order valence-electron chi connectivity index (χ4n) is 2.19.